The monoisotopic (exact) mass is 340 g/mol. The predicted octanol–water partition coefficient (Wildman–Crippen LogP) is 3.22. The second kappa shape index (κ2) is 6.40. The van der Waals surface area contributed by atoms with Gasteiger partial charge < -0.3 is 10.2 Å². The second-order valence-electron chi connectivity index (χ2n) is 6.52. The third kappa shape index (κ3) is 2.96. The highest BCUT2D eigenvalue weighted by atomic mass is 32.1. The van der Waals surface area contributed by atoms with Gasteiger partial charge in [-0.15, -0.1) is 11.3 Å². The molecule has 5 heteroatoms. The number of nitrogens with one attached hydrogen (secondary N) is 1. The molecule has 0 spiro atoms. The van der Waals surface area contributed by atoms with Crippen LogP contribution in [0.5, 0.6) is 0 Å². The average molecular weight is 340 g/mol. The lowest BCUT2D eigenvalue weighted by Crippen LogP contribution is -2.36. The zero-order valence-electron chi connectivity index (χ0n) is 13.5. The molecular weight excluding hydrogens is 320 g/mol. The zero-order chi connectivity index (χ0) is 16.5. The Morgan fingerprint density at radius 3 is 3.04 bits per heavy atom. The summed E-state index contributed by atoms with van der Waals surface area (Å²) in [6.45, 7) is 1.52. The van der Waals surface area contributed by atoms with Crippen LogP contribution < -0.4 is 5.32 Å². The van der Waals surface area contributed by atoms with Gasteiger partial charge in [-0.2, -0.15) is 0 Å². The number of para-hydroxylation sites is 1. The summed E-state index contributed by atoms with van der Waals surface area (Å²) in [7, 11) is 0. The molecule has 2 amide bonds. The van der Waals surface area contributed by atoms with Gasteiger partial charge in [0.1, 0.15) is 0 Å². The summed E-state index contributed by atoms with van der Waals surface area (Å²) < 4.78 is 0. The Morgan fingerprint density at radius 2 is 2.12 bits per heavy atom. The van der Waals surface area contributed by atoms with E-state index < -0.39 is 0 Å². The third-order valence-corrected chi connectivity index (χ3v) is 6.00. The van der Waals surface area contributed by atoms with Crippen LogP contribution in [-0.4, -0.2) is 23.3 Å². The van der Waals surface area contributed by atoms with E-state index in [1.54, 1.807) is 11.3 Å². The van der Waals surface area contributed by atoms with Gasteiger partial charge in [-0.1, -0.05) is 18.2 Å². The topological polar surface area (TPSA) is 49.4 Å². The van der Waals surface area contributed by atoms with Gasteiger partial charge in [0.05, 0.1) is 0 Å². The van der Waals surface area contributed by atoms with Crippen LogP contribution in [0.2, 0.25) is 0 Å². The summed E-state index contributed by atoms with van der Waals surface area (Å²) in [6, 6.07) is 10.0. The molecule has 2 aromatic rings. The smallest absolute Gasteiger partial charge is 0.227 e. The molecule has 1 aromatic heterocycles. The molecule has 3 heterocycles. The second-order valence-corrected chi connectivity index (χ2v) is 7.52. The highest BCUT2D eigenvalue weighted by molar-refractivity contribution is 7.10. The number of anilines is 1. The maximum absolute atomic E-state index is 12.5. The highest BCUT2D eigenvalue weighted by Crippen LogP contribution is 2.28. The molecule has 0 fully saturated rings. The molecule has 24 heavy (non-hydrogen) atoms. The number of hydrogen-bond donors (Lipinski definition) is 1. The Balaban J connectivity index is 1.35. The van der Waals surface area contributed by atoms with Gasteiger partial charge in [-0.05, 0) is 47.9 Å². The van der Waals surface area contributed by atoms with E-state index >= 15 is 0 Å². The van der Waals surface area contributed by atoms with E-state index in [0.717, 1.165) is 37.2 Å². The maximum atomic E-state index is 12.5. The summed E-state index contributed by atoms with van der Waals surface area (Å²) >= 11 is 1.78. The molecule has 1 N–H and O–H groups in total. The number of fused-ring (bicyclic) bond motifs is 2. The van der Waals surface area contributed by atoms with Crippen LogP contribution >= 0.6 is 11.3 Å². The highest BCUT2D eigenvalue weighted by Gasteiger charge is 2.28. The van der Waals surface area contributed by atoms with Crippen molar-refractivity contribution in [2.24, 2.45) is 5.92 Å². The Morgan fingerprint density at radius 1 is 1.25 bits per heavy atom. The van der Waals surface area contributed by atoms with Gasteiger partial charge in [0.15, 0.2) is 0 Å². The van der Waals surface area contributed by atoms with Crippen molar-refractivity contribution in [1.82, 2.24) is 4.90 Å². The van der Waals surface area contributed by atoms with Gasteiger partial charge in [-0.3, -0.25) is 9.59 Å². The molecule has 1 atom stereocenters. The van der Waals surface area contributed by atoms with E-state index in [-0.39, 0.29) is 17.7 Å². The molecule has 0 bridgehead atoms. The first-order valence-corrected chi connectivity index (χ1v) is 9.30. The number of carbonyl (C=O) groups is 2. The van der Waals surface area contributed by atoms with Crippen LogP contribution in [0, 0.1) is 5.92 Å². The van der Waals surface area contributed by atoms with Crippen molar-refractivity contribution in [2.75, 3.05) is 11.9 Å². The summed E-state index contributed by atoms with van der Waals surface area (Å²) in [5.74, 6) is 0.101. The van der Waals surface area contributed by atoms with Crippen LogP contribution in [0.3, 0.4) is 0 Å². The first-order valence-electron chi connectivity index (χ1n) is 8.42. The lowest BCUT2D eigenvalue weighted by molar-refractivity contribution is -0.132. The molecule has 0 aliphatic carbocycles. The van der Waals surface area contributed by atoms with Crippen molar-refractivity contribution in [3.63, 3.8) is 0 Å². The van der Waals surface area contributed by atoms with E-state index in [0.29, 0.717) is 12.8 Å². The summed E-state index contributed by atoms with van der Waals surface area (Å²) in [6.07, 6.45) is 2.74. The van der Waals surface area contributed by atoms with Crippen molar-refractivity contribution >= 4 is 28.8 Å². The Bertz CT molecular complexity index is 783. The first-order chi connectivity index (χ1) is 11.7. The molecule has 0 saturated carbocycles. The van der Waals surface area contributed by atoms with Gasteiger partial charge in [-0.25, -0.2) is 0 Å². The van der Waals surface area contributed by atoms with Crippen LogP contribution in [0.4, 0.5) is 5.69 Å². The van der Waals surface area contributed by atoms with E-state index in [1.165, 1.54) is 10.4 Å². The van der Waals surface area contributed by atoms with Crippen molar-refractivity contribution in [2.45, 2.75) is 32.2 Å². The number of hydrogen-bond acceptors (Lipinski definition) is 3. The molecule has 4 nitrogen and oxygen atoms in total. The number of thiophene rings is 1. The number of benzene rings is 1. The van der Waals surface area contributed by atoms with Crippen molar-refractivity contribution < 1.29 is 9.59 Å². The molecule has 0 saturated heterocycles. The molecule has 4 rings (SSSR count). The molecular formula is C19H20N2O2S. The van der Waals surface area contributed by atoms with E-state index in [9.17, 15) is 9.59 Å². The molecule has 1 aromatic carbocycles. The third-order valence-electron chi connectivity index (χ3n) is 4.98. The van der Waals surface area contributed by atoms with Gasteiger partial charge >= 0.3 is 0 Å². The maximum Gasteiger partial charge on any atom is 0.227 e. The molecule has 2 aliphatic rings. The quantitative estimate of drug-likeness (QED) is 0.933. The van der Waals surface area contributed by atoms with Gasteiger partial charge in [0.25, 0.3) is 0 Å². The molecule has 124 valence electrons. The molecule has 2 aliphatic heterocycles. The fraction of sp³-hybridized carbons (Fsp3) is 0.368. The normalized spacial score (nSPS) is 19.4. The average Bonchev–Trinajstić information content (AvgIpc) is 3.07. The molecule has 0 radical (unpaired) electrons. The van der Waals surface area contributed by atoms with E-state index in [4.69, 9.17) is 0 Å². The SMILES string of the molecule is O=C1Nc2ccccc2C[C@H]1CCC(=O)N1CCc2sccc2C1. The van der Waals surface area contributed by atoms with E-state index in [2.05, 4.69) is 16.8 Å². The lowest BCUT2D eigenvalue weighted by Gasteiger charge is -2.28. The predicted molar refractivity (Wildman–Crippen MR) is 94.9 cm³/mol. The summed E-state index contributed by atoms with van der Waals surface area (Å²) in [5.41, 5.74) is 3.35. The molecule has 0 unspecified atom stereocenters. The number of rotatable bonds is 3. The van der Waals surface area contributed by atoms with Crippen molar-refractivity contribution in [3.05, 3.63) is 51.7 Å². The Hall–Kier alpha value is -2.14. The van der Waals surface area contributed by atoms with Gasteiger partial charge in [0, 0.05) is 36.0 Å². The Labute approximate surface area is 145 Å². The van der Waals surface area contributed by atoms with Crippen LogP contribution in [0.25, 0.3) is 0 Å². The largest absolute Gasteiger partial charge is 0.338 e. The summed E-state index contributed by atoms with van der Waals surface area (Å²) in [4.78, 5) is 28.1. The van der Waals surface area contributed by atoms with Crippen LogP contribution in [0.15, 0.2) is 35.7 Å². The minimum atomic E-state index is -0.106. The number of amides is 2. The standard InChI is InChI=1S/C19H20N2O2S/c22-18(21-9-7-17-15(12-21)8-10-24-17)6-5-14-11-13-3-1-2-4-16(13)20-19(14)23/h1-4,8,10,14H,5-7,9,11-12H2,(H,20,23)/t14-/m1/s1. The van der Waals surface area contributed by atoms with Crippen LogP contribution in [-0.2, 0) is 29.0 Å². The van der Waals surface area contributed by atoms with Gasteiger partial charge in [0.2, 0.25) is 11.8 Å². The van der Waals surface area contributed by atoms with Crippen molar-refractivity contribution in [3.8, 4) is 0 Å². The Kier molecular flexibility index (Phi) is 4.10. The number of carbonyl (C=O) groups excluding carboxylic acids is 2. The minimum Gasteiger partial charge on any atom is -0.338 e. The fourth-order valence-corrected chi connectivity index (χ4v) is 4.45. The number of nitrogens with zero attached hydrogens (tertiary/aromatic N) is 1. The first kappa shape index (κ1) is 15.4. The minimum absolute atomic E-state index is 0.0419. The lowest BCUT2D eigenvalue weighted by atomic mass is 9.89. The van der Waals surface area contributed by atoms with E-state index in [1.807, 2.05) is 29.2 Å². The summed E-state index contributed by atoms with van der Waals surface area (Å²) in [5, 5.41) is 5.06. The zero-order valence-corrected chi connectivity index (χ0v) is 14.3. The van der Waals surface area contributed by atoms with Crippen molar-refractivity contribution in [1.29, 1.82) is 0 Å². The fourth-order valence-electron chi connectivity index (χ4n) is 3.56. The van der Waals surface area contributed by atoms with Crippen LogP contribution in [0.1, 0.15) is 28.8 Å².